The van der Waals surface area contributed by atoms with Gasteiger partial charge in [-0.15, -0.1) is 0 Å². The Balaban J connectivity index is 2.10. The van der Waals surface area contributed by atoms with E-state index >= 15 is 0 Å². The summed E-state index contributed by atoms with van der Waals surface area (Å²) in [6, 6.07) is 14.8. The molecule has 2 N–H and O–H groups in total. The number of nitrogen functional groups attached to an aromatic ring is 1. The highest BCUT2D eigenvalue weighted by atomic mass is 16.1. The summed E-state index contributed by atoms with van der Waals surface area (Å²) in [5.74, 6) is -0.0584. The van der Waals surface area contributed by atoms with Gasteiger partial charge in [0, 0.05) is 28.4 Å². The fourth-order valence-electron chi connectivity index (χ4n) is 2.24. The van der Waals surface area contributed by atoms with Crippen LogP contribution in [0.2, 0.25) is 0 Å². The van der Waals surface area contributed by atoms with Crippen LogP contribution in [-0.4, -0.2) is 10.8 Å². The third-order valence-electron chi connectivity index (χ3n) is 3.32. The molecule has 3 nitrogen and oxygen atoms in total. The van der Waals surface area contributed by atoms with Gasteiger partial charge in [-0.3, -0.25) is 9.78 Å². The number of anilines is 1. The number of nitrogens with two attached hydrogens (primary N) is 1. The van der Waals surface area contributed by atoms with E-state index in [2.05, 4.69) is 4.98 Å². The third kappa shape index (κ3) is 2.14. The Morgan fingerprint density at radius 2 is 1.95 bits per heavy atom. The number of fused-ring (bicyclic) bond motifs is 1. The first kappa shape index (κ1) is 12.4. The molecule has 20 heavy (non-hydrogen) atoms. The van der Waals surface area contributed by atoms with Gasteiger partial charge in [0.2, 0.25) is 0 Å². The first-order valence-electron chi connectivity index (χ1n) is 6.41. The molecule has 3 rings (SSSR count). The lowest BCUT2D eigenvalue weighted by atomic mass is 9.99. The van der Waals surface area contributed by atoms with E-state index < -0.39 is 0 Å². The Morgan fingerprint density at radius 1 is 1.10 bits per heavy atom. The van der Waals surface area contributed by atoms with Crippen LogP contribution in [0.5, 0.6) is 0 Å². The minimum atomic E-state index is -0.0584. The first-order valence-corrected chi connectivity index (χ1v) is 6.41. The predicted octanol–water partition coefficient (Wildman–Crippen LogP) is 3.36. The number of nitrogens with zero attached hydrogens (tertiary/aromatic N) is 1. The molecule has 98 valence electrons. The zero-order valence-corrected chi connectivity index (χ0v) is 11.1. The second kappa shape index (κ2) is 4.78. The van der Waals surface area contributed by atoms with Crippen LogP contribution in [0, 0.1) is 6.92 Å². The summed E-state index contributed by atoms with van der Waals surface area (Å²) in [6.07, 6.45) is 1.74. The average Bonchev–Trinajstić information content (AvgIpc) is 2.48. The molecule has 0 aliphatic carbocycles. The van der Waals surface area contributed by atoms with Gasteiger partial charge < -0.3 is 5.73 Å². The number of aromatic nitrogens is 1. The number of aryl methyl sites for hydroxylation is 1. The summed E-state index contributed by atoms with van der Waals surface area (Å²) in [4.78, 5) is 16.8. The summed E-state index contributed by atoms with van der Waals surface area (Å²) in [5.41, 5.74) is 9.49. The number of rotatable bonds is 2. The molecule has 0 radical (unpaired) electrons. The number of benzene rings is 2. The van der Waals surface area contributed by atoms with Crippen LogP contribution in [0.25, 0.3) is 10.9 Å². The molecule has 0 saturated carbocycles. The van der Waals surface area contributed by atoms with Gasteiger partial charge in [-0.1, -0.05) is 17.7 Å². The van der Waals surface area contributed by atoms with Crippen LogP contribution in [0.1, 0.15) is 21.5 Å². The van der Waals surface area contributed by atoms with Crippen molar-refractivity contribution in [3.63, 3.8) is 0 Å². The number of pyridine rings is 1. The molecule has 0 aliphatic heterocycles. The van der Waals surface area contributed by atoms with Crippen molar-refractivity contribution < 1.29 is 4.79 Å². The summed E-state index contributed by atoms with van der Waals surface area (Å²) in [5, 5.41) is 0.949. The molecule has 0 saturated heterocycles. The number of hydrogen-bond acceptors (Lipinski definition) is 3. The number of carbonyl (C=O) groups excluding carboxylic acids is 1. The maximum absolute atomic E-state index is 12.6. The smallest absolute Gasteiger partial charge is 0.195 e. The molecule has 1 heterocycles. The standard InChI is InChI=1S/C17H14N2O/c1-11-4-6-15(18)14(9-11)17(20)13-5-7-16-12(10-13)3-2-8-19-16/h2-10H,18H2,1H3. The number of ketones is 1. The molecule has 0 bridgehead atoms. The van der Waals surface area contributed by atoms with Crippen molar-refractivity contribution in [1.82, 2.24) is 4.98 Å². The van der Waals surface area contributed by atoms with Crippen molar-refractivity contribution >= 4 is 22.4 Å². The largest absolute Gasteiger partial charge is 0.398 e. The lowest BCUT2D eigenvalue weighted by Crippen LogP contribution is -2.05. The van der Waals surface area contributed by atoms with Crippen LogP contribution in [-0.2, 0) is 0 Å². The third-order valence-corrected chi connectivity index (χ3v) is 3.32. The molecular formula is C17H14N2O. The van der Waals surface area contributed by atoms with E-state index in [4.69, 9.17) is 5.73 Å². The highest BCUT2D eigenvalue weighted by Gasteiger charge is 2.13. The van der Waals surface area contributed by atoms with Crippen molar-refractivity contribution in [2.24, 2.45) is 0 Å². The fraction of sp³-hybridized carbons (Fsp3) is 0.0588. The van der Waals surface area contributed by atoms with E-state index in [0.717, 1.165) is 16.5 Å². The molecule has 0 atom stereocenters. The summed E-state index contributed by atoms with van der Waals surface area (Å²) in [6.45, 7) is 1.94. The second-order valence-corrected chi connectivity index (χ2v) is 4.83. The van der Waals surface area contributed by atoms with E-state index in [1.54, 1.807) is 18.3 Å². The summed E-state index contributed by atoms with van der Waals surface area (Å²) < 4.78 is 0. The monoisotopic (exact) mass is 262 g/mol. The van der Waals surface area contributed by atoms with Gasteiger partial charge in [0.05, 0.1) is 5.52 Å². The maximum Gasteiger partial charge on any atom is 0.195 e. The van der Waals surface area contributed by atoms with Gasteiger partial charge in [-0.2, -0.15) is 0 Å². The number of carbonyl (C=O) groups is 1. The van der Waals surface area contributed by atoms with Crippen molar-refractivity contribution in [2.75, 3.05) is 5.73 Å². The van der Waals surface area contributed by atoms with Gasteiger partial charge in [0.1, 0.15) is 0 Å². The molecule has 3 aromatic rings. The lowest BCUT2D eigenvalue weighted by molar-refractivity contribution is 0.103. The molecule has 0 fully saturated rings. The average molecular weight is 262 g/mol. The highest BCUT2D eigenvalue weighted by molar-refractivity contribution is 6.13. The molecule has 2 aromatic carbocycles. The Hall–Kier alpha value is -2.68. The van der Waals surface area contributed by atoms with E-state index in [1.807, 2.05) is 43.3 Å². The molecule has 3 heteroatoms. The van der Waals surface area contributed by atoms with Gasteiger partial charge in [-0.05, 0) is 43.3 Å². The van der Waals surface area contributed by atoms with Crippen molar-refractivity contribution in [3.8, 4) is 0 Å². The minimum absolute atomic E-state index is 0.0584. The van der Waals surface area contributed by atoms with E-state index in [9.17, 15) is 4.79 Å². The molecule has 0 spiro atoms. The summed E-state index contributed by atoms with van der Waals surface area (Å²) >= 11 is 0. The minimum Gasteiger partial charge on any atom is -0.398 e. The SMILES string of the molecule is Cc1ccc(N)c(C(=O)c2ccc3ncccc3c2)c1. The van der Waals surface area contributed by atoms with Crippen molar-refractivity contribution in [2.45, 2.75) is 6.92 Å². The molecule has 0 amide bonds. The quantitative estimate of drug-likeness (QED) is 0.569. The van der Waals surface area contributed by atoms with E-state index in [0.29, 0.717) is 16.8 Å². The van der Waals surface area contributed by atoms with Gasteiger partial charge in [0.15, 0.2) is 5.78 Å². The first-order chi connectivity index (χ1) is 9.65. The predicted molar refractivity (Wildman–Crippen MR) is 80.8 cm³/mol. The lowest BCUT2D eigenvalue weighted by Gasteiger charge is -2.07. The van der Waals surface area contributed by atoms with Crippen LogP contribution < -0.4 is 5.73 Å². The molecule has 1 aromatic heterocycles. The maximum atomic E-state index is 12.6. The van der Waals surface area contributed by atoms with Gasteiger partial charge in [-0.25, -0.2) is 0 Å². The highest BCUT2D eigenvalue weighted by Crippen LogP contribution is 2.20. The molecular weight excluding hydrogens is 248 g/mol. The normalized spacial score (nSPS) is 10.7. The van der Waals surface area contributed by atoms with Crippen LogP contribution in [0.15, 0.2) is 54.7 Å². The van der Waals surface area contributed by atoms with Crippen LogP contribution >= 0.6 is 0 Å². The van der Waals surface area contributed by atoms with Crippen molar-refractivity contribution in [3.05, 3.63) is 71.4 Å². The van der Waals surface area contributed by atoms with Crippen LogP contribution in [0.3, 0.4) is 0 Å². The Labute approximate surface area is 117 Å². The molecule has 0 aliphatic rings. The number of hydrogen-bond donors (Lipinski definition) is 1. The van der Waals surface area contributed by atoms with Crippen LogP contribution in [0.4, 0.5) is 5.69 Å². The van der Waals surface area contributed by atoms with Crippen molar-refractivity contribution in [1.29, 1.82) is 0 Å². The summed E-state index contributed by atoms with van der Waals surface area (Å²) in [7, 11) is 0. The zero-order valence-electron chi connectivity index (χ0n) is 11.1. The zero-order chi connectivity index (χ0) is 14.1. The Morgan fingerprint density at radius 3 is 2.80 bits per heavy atom. The topological polar surface area (TPSA) is 56.0 Å². The molecule has 0 unspecified atom stereocenters. The van der Waals surface area contributed by atoms with Gasteiger partial charge >= 0.3 is 0 Å². The fourth-order valence-corrected chi connectivity index (χ4v) is 2.24. The van der Waals surface area contributed by atoms with E-state index in [-0.39, 0.29) is 5.78 Å². The van der Waals surface area contributed by atoms with Gasteiger partial charge in [0.25, 0.3) is 0 Å². The second-order valence-electron chi connectivity index (χ2n) is 4.83. The Bertz CT molecular complexity index is 809. The van der Waals surface area contributed by atoms with E-state index in [1.165, 1.54) is 0 Å². The Kier molecular flexibility index (Phi) is 2.95.